The highest BCUT2D eigenvalue weighted by Crippen LogP contribution is 2.38. The summed E-state index contributed by atoms with van der Waals surface area (Å²) in [6.07, 6.45) is 3.27. The van der Waals surface area contributed by atoms with E-state index in [4.69, 9.17) is 4.42 Å². The Labute approximate surface area is 121 Å². The van der Waals surface area contributed by atoms with Crippen molar-refractivity contribution in [3.63, 3.8) is 0 Å². The van der Waals surface area contributed by atoms with E-state index in [1.807, 2.05) is 36.4 Å². The van der Waals surface area contributed by atoms with Gasteiger partial charge in [0, 0.05) is 10.9 Å². The van der Waals surface area contributed by atoms with Crippen molar-refractivity contribution in [1.82, 2.24) is 0 Å². The Balaban J connectivity index is 2.06. The van der Waals surface area contributed by atoms with Gasteiger partial charge in [-0.1, -0.05) is 30.3 Å². The van der Waals surface area contributed by atoms with Crippen LogP contribution in [0.15, 0.2) is 46.9 Å². The zero-order valence-electron chi connectivity index (χ0n) is 11.4. The summed E-state index contributed by atoms with van der Waals surface area (Å²) in [6.45, 7) is 0. The summed E-state index contributed by atoms with van der Waals surface area (Å²) in [4.78, 5) is 11.5. The summed E-state index contributed by atoms with van der Waals surface area (Å²) < 4.78 is 5.64. The molecule has 0 saturated heterocycles. The Hall–Kier alpha value is -2.55. The molecule has 0 fully saturated rings. The summed E-state index contributed by atoms with van der Waals surface area (Å²) in [5, 5.41) is 10.3. The molecule has 0 atom stereocenters. The maximum Gasteiger partial charge on any atom is 0.372 e. The van der Waals surface area contributed by atoms with Gasteiger partial charge in [0.25, 0.3) is 0 Å². The van der Waals surface area contributed by atoms with Gasteiger partial charge in [-0.3, -0.25) is 0 Å². The van der Waals surface area contributed by atoms with Crippen LogP contribution in [-0.4, -0.2) is 11.1 Å². The number of hydrogen-bond donors (Lipinski definition) is 1. The molecule has 1 aliphatic carbocycles. The quantitative estimate of drug-likeness (QED) is 0.761. The second kappa shape index (κ2) is 4.48. The fourth-order valence-electron chi connectivity index (χ4n) is 3.21. The Morgan fingerprint density at radius 3 is 2.48 bits per heavy atom. The van der Waals surface area contributed by atoms with Crippen LogP contribution >= 0.6 is 0 Å². The third kappa shape index (κ3) is 1.85. The van der Waals surface area contributed by atoms with Crippen molar-refractivity contribution in [3.8, 4) is 11.1 Å². The number of rotatable bonds is 2. The van der Waals surface area contributed by atoms with E-state index in [9.17, 15) is 9.90 Å². The molecule has 1 aromatic heterocycles. The van der Waals surface area contributed by atoms with Crippen LogP contribution in [0.3, 0.4) is 0 Å². The van der Waals surface area contributed by atoms with Crippen molar-refractivity contribution >= 4 is 16.9 Å². The number of carboxylic acid groups (broad SMARTS) is 1. The average molecular weight is 278 g/mol. The Bertz CT molecular complexity index is 844. The van der Waals surface area contributed by atoms with Crippen LogP contribution < -0.4 is 0 Å². The average Bonchev–Trinajstić information content (AvgIpc) is 3.08. The molecule has 1 aliphatic rings. The van der Waals surface area contributed by atoms with Crippen LogP contribution in [0.25, 0.3) is 22.1 Å². The third-order valence-electron chi connectivity index (χ3n) is 4.16. The zero-order chi connectivity index (χ0) is 14.4. The Kier molecular flexibility index (Phi) is 2.61. The minimum Gasteiger partial charge on any atom is -0.475 e. The number of fused-ring (bicyclic) bond motifs is 2. The molecular formula is C18H14O3. The van der Waals surface area contributed by atoms with Gasteiger partial charge in [0.1, 0.15) is 5.58 Å². The number of furan rings is 1. The van der Waals surface area contributed by atoms with E-state index in [2.05, 4.69) is 6.07 Å². The summed E-state index contributed by atoms with van der Waals surface area (Å²) in [6, 6.07) is 13.7. The molecule has 0 bridgehead atoms. The van der Waals surface area contributed by atoms with E-state index in [1.165, 1.54) is 11.1 Å². The van der Waals surface area contributed by atoms with Gasteiger partial charge in [-0.15, -0.1) is 0 Å². The first-order valence-corrected chi connectivity index (χ1v) is 7.11. The maximum absolute atomic E-state index is 11.5. The van der Waals surface area contributed by atoms with E-state index in [0.29, 0.717) is 11.1 Å². The monoisotopic (exact) mass is 278 g/mol. The molecule has 0 amide bonds. The number of carbonyl (C=O) groups is 1. The van der Waals surface area contributed by atoms with Gasteiger partial charge in [-0.05, 0) is 48.1 Å². The molecule has 0 unspecified atom stereocenters. The Morgan fingerprint density at radius 2 is 1.76 bits per heavy atom. The first kappa shape index (κ1) is 12.2. The molecule has 1 N–H and O–H groups in total. The molecule has 0 aliphatic heterocycles. The van der Waals surface area contributed by atoms with Crippen molar-refractivity contribution in [2.75, 3.05) is 0 Å². The summed E-state index contributed by atoms with van der Waals surface area (Å²) in [5.74, 6) is -0.995. The van der Waals surface area contributed by atoms with Crippen LogP contribution in [-0.2, 0) is 12.8 Å². The lowest BCUT2D eigenvalue weighted by molar-refractivity contribution is 0.0666. The minimum atomic E-state index is -1.02. The van der Waals surface area contributed by atoms with Gasteiger partial charge in [-0.25, -0.2) is 4.79 Å². The van der Waals surface area contributed by atoms with Gasteiger partial charge in [0.15, 0.2) is 0 Å². The van der Waals surface area contributed by atoms with Crippen molar-refractivity contribution in [3.05, 3.63) is 59.4 Å². The second-order valence-electron chi connectivity index (χ2n) is 5.45. The van der Waals surface area contributed by atoms with E-state index < -0.39 is 5.97 Å². The predicted molar refractivity (Wildman–Crippen MR) is 80.6 cm³/mol. The number of hydrogen-bond acceptors (Lipinski definition) is 2. The number of benzene rings is 2. The highest BCUT2D eigenvalue weighted by atomic mass is 16.4. The number of aromatic carboxylic acids is 1. The smallest absolute Gasteiger partial charge is 0.372 e. The van der Waals surface area contributed by atoms with E-state index >= 15 is 0 Å². The van der Waals surface area contributed by atoms with E-state index in [0.717, 1.165) is 30.2 Å². The Morgan fingerprint density at radius 1 is 1.05 bits per heavy atom. The lowest BCUT2D eigenvalue weighted by atomic mass is 9.99. The molecule has 0 spiro atoms. The maximum atomic E-state index is 11.5. The van der Waals surface area contributed by atoms with Crippen LogP contribution in [0.1, 0.15) is 28.1 Å². The molecular weight excluding hydrogens is 264 g/mol. The van der Waals surface area contributed by atoms with E-state index in [-0.39, 0.29) is 5.76 Å². The summed E-state index contributed by atoms with van der Waals surface area (Å²) in [7, 11) is 0. The van der Waals surface area contributed by atoms with Crippen molar-refractivity contribution < 1.29 is 14.3 Å². The molecule has 2 aromatic carbocycles. The van der Waals surface area contributed by atoms with Crippen LogP contribution in [0.2, 0.25) is 0 Å². The number of carboxylic acids is 1. The predicted octanol–water partition coefficient (Wildman–Crippen LogP) is 4.29. The first-order chi connectivity index (χ1) is 10.2. The lowest BCUT2D eigenvalue weighted by Crippen LogP contribution is -1.95. The van der Waals surface area contributed by atoms with Crippen LogP contribution in [0, 0.1) is 0 Å². The molecule has 104 valence electrons. The van der Waals surface area contributed by atoms with Crippen LogP contribution in [0.5, 0.6) is 0 Å². The fraction of sp³-hybridized carbons (Fsp3) is 0.167. The summed E-state index contributed by atoms with van der Waals surface area (Å²) in [5.41, 5.74) is 4.84. The normalized spacial score (nSPS) is 13.5. The molecule has 1 heterocycles. The SMILES string of the molecule is O=C(O)c1oc2cc3c(cc2c1-c1ccccc1)CCC3. The van der Waals surface area contributed by atoms with E-state index in [1.54, 1.807) is 0 Å². The molecule has 3 aromatic rings. The standard InChI is InChI=1S/C18H14O3/c19-18(20)17-16(11-5-2-1-3-6-11)14-9-12-7-4-8-13(12)10-15(14)21-17/h1-3,5-6,9-10H,4,7-8H2,(H,19,20). The van der Waals surface area contributed by atoms with Crippen molar-refractivity contribution in [2.24, 2.45) is 0 Å². The third-order valence-corrected chi connectivity index (χ3v) is 4.16. The fourth-order valence-corrected chi connectivity index (χ4v) is 3.21. The molecule has 3 nitrogen and oxygen atoms in total. The molecule has 3 heteroatoms. The largest absolute Gasteiger partial charge is 0.475 e. The second-order valence-corrected chi connectivity index (χ2v) is 5.45. The van der Waals surface area contributed by atoms with Gasteiger partial charge < -0.3 is 9.52 Å². The highest BCUT2D eigenvalue weighted by Gasteiger charge is 2.23. The van der Waals surface area contributed by atoms with Gasteiger partial charge in [0.2, 0.25) is 5.76 Å². The molecule has 0 saturated carbocycles. The van der Waals surface area contributed by atoms with Gasteiger partial charge in [-0.2, -0.15) is 0 Å². The number of aryl methyl sites for hydroxylation is 2. The first-order valence-electron chi connectivity index (χ1n) is 7.11. The van der Waals surface area contributed by atoms with Crippen molar-refractivity contribution in [2.45, 2.75) is 19.3 Å². The highest BCUT2D eigenvalue weighted by molar-refractivity contribution is 6.06. The van der Waals surface area contributed by atoms with Crippen molar-refractivity contribution in [1.29, 1.82) is 0 Å². The topological polar surface area (TPSA) is 50.4 Å². The molecule has 21 heavy (non-hydrogen) atoms. The molecule has 0 radical (unpaired) electrons. The van der Waals surface area contributed by atoms with Crippen LogP contribution in [0.4, 0.5) is 0 Å². The summed E-state index contributed by atoms with van der Waals surface area (Å²) >= 11 is 0. The lowest BCUT2D eigenvalue weighted by Gasteiger charge is -2.02. The zero-order valence-corrected chi connectivity index (χ0v) is 11.4. The van der Waals surface area contributed by atoms with Gasteiger partial charge >= 0.3 is 5.97 Å². The van der Waals surface area contributed by atoms with Gasteiger partial charge in [0.05, 0.1) is 0 Å². The molecule has 4 rings (SSSR count). The minimum absolute atomic E-state index is 0.0277.